The van der Waals surface area contributed by atoms with Crippen LogP contribution in [0.15, 0.2) is 0 Å². The second-order valence-corrected chi connectivity index (χ2v) is 4.56. The molecule has 0 aromatic rings. The highest BCUT2D eigenvalue weighted by atomic mass is 16.2. The van der Waals surface area contributed by atoms with Crippen LogP contribution in [0.5, 0.6) is 0 Å². The van der Waals surface area contributed by atoms with Crippen LogP contribution in [0.25, 0.3) is 0 Å². The first-order valence-electron chi connectivity index (χ1n) is 6.28. The van der Waals surface area contributed by atoms with Crippen LogP contribution in [0.2, 0.25) is 0 Å². The quantitative estimate of drug-likeness (QED) is 0.519. The van der Waals surface area contributed by atoms with Gasteiger partial charge < -0.3 is 0 Å². The SMILES string of the molecule is O=C1CCC(=O)N1CC#CCN1CCCCC1. The molecule has 2 aliphatic heterocycles. The lowest BCUT2D eigenvalue weighted by Crippen LogP contribution is -2.31. The molecule has 2 saturated heterocycles. The second kappa shape index (κ2) is 5.83. The summed E-state index contributed by atoms with van der Waals surface area (Å²) in [5.41, 5.74) is 0. The number of carbonyl (C=O) groups excluding carboxylic acids is 2. The van der Waals surface area contributed by atoms with Crippen LogP contribution in [0.1, 0.15) is 32.1 Å². The van der Waals surface area contributed by atoms with Gasteiger partial charge in [-0.25, -0.2) is 0 Å². The Labute approximate surface area is 102 Å². The van der Waals surface area contributed by atoms with E-state index in [9.17, 15) is 9.59 Å². The van der Waals surface area contributed by atoms with Gasteiger partial charge in [0.2, 0.25) is 11.8 Å². The molecule has 0 saturated carbocycles. The van der Waals surface area contributed by atoms with E-state index in [1.54, 1.807) is 0 Å². The van der Waals surface area contributed by atoms with Gasteiger partial charge in [0, 0.05) is 12.8 Å². The number of hydrogen-bond acceptors (Lipinski definition) is 3. The maximum atomic E-state index is 11.3. The zero-order valence-electron chi connectivity index (χ0n) is 10.1. The number of imide groups is 1. The molecule has 17 heavy (non-hydrogen) atoms. The molecule has 0 atom stereocenters. The summed E-state index contributed by atoms with van der Waals surface area (Å²) in [7, 11) is 0. The van der Waals surface area contributed by atoms with Crippen molar-refractivity contribution in [3.8, 4) is 11.8 Å². The molecule has 2 rings (SSSR count). The van der Waals surface area contributed by atoms with E-state index < -0.39 is 0 Å². The van der Waals surface area contributed by atoms with Crippen molar-refractivity contribution in [1.82, 2.24) is 9.80 Å². The highest BCUT2D eigenvalue weighted by Gasteiger charge is 2.27. The third-order valence-electron chi connectivity index (χ3n) is 3.27. The summed E-state index contributed by atoms with van der Waals surface area (Å²) in [6.45, 7) is 3.27. The summed E-state index contributed by atoms with van der Waals surface area (Å²) < 4.78 is 0. The summed E-state index contributed by atoms with van der Waals surface area (Å²) in [5.74, 6) is 5.82. The van der Waals surface area contributed by atoms with Crippen molar-refractivity contribution in [2.24, 2.45) is 0 Å². The molecule has 0 bridgehead atoms. The van der Waals surface area contributed by atoms with E-state index in [2.05, 4.69) is 16.7 Å². The van der Waals surface area contributed by atoms with Gasteiger partial charge in [-0.2, -0.15) is 0 Å². The average molecular weight is 234 g/mol. The largest absolute Gasteiger partial charge is 0.292 e. The predicted octanol–water partition coefficient (Wildman–Crippen LogP) is 0.625. The first-order valence-corrected chi connectivity index (χ1v) is 6.28. The Bertz CT molecular complexity index is 345. The molecular formula is C13H18N2O2. The summed E-state index contributed by atoms with van der Waals surface area (Å²) in [4.78, 5) is 26.2. The molecule has 4 nitrogen and oxygen atoms in total. The van der Waals surface area contributed by atoms with Crippen molar-refractivity contribution < 1.29 is 9.59 Å². The fourth-order valence-corrected chi connectivity index (χ4v) is 2.22. The van der Waals surface area contributed by atoms with E-state index in [1.807, 2.05) is 0 Å². The van der Waals surface area contributed by atoms with Crippen LogP contribution >= 0.6 is 0 Å². The molecule has 0 spiro atoms. The van der Waals surface area contributed by atoms with Gasteiger partial charge >= 0.3 is 0 Å². The lowest BCUT2D eigenvalue weighted by atomic mass is 10.1. The van der Waals surface area contributed by atoms with Crippen molar-refractivity contribution in [2.75, 3.05) is 26.2 Å². The van der Waals surface area contributed by atoms with Crippen molar-refractivity contribution in [2.45, 2.75) is 32.1 Å². The van der Waals surface area contributed by atoms with Gasteiger partial charge in [0.25, 0.3) is 0 Å². The number of carbonyl (C=O) groups is 2. The van der Waals surface area contributed by atoms with Crippen LogP contribution < -0.4 is 0 Å². The van der Waals surface area contributed by atoms with Crippen LogP contribution in [0.4, 0.5) is 0 Å². The third kappa shape index (κ3) is 3.31. The molecule has 92 valence electrons. The first-order chi connectivity index (χ1) is 8.27. The Kier molecular flexibility index (Phi) is 4.16. The van der Waals surface area contributed by atoms with E-state index in [4.69, 9.17) is 0 Å². The van der Waals surface area contributed by atoms with Gasteiger partial charge in [0.15, 0.2) is 0 Å². The molecule has 2 aliphatic rings. The fraction of sp³-hybridized carbons (Fsp3) is 0.692. The zero-order chi connectivity index (χ0) is 12.1. The molecule has 0 aliphatic carbocycles. The molecule has 2 amide bonds. The summed E-state index contributed by atoms with van der Waals surface area (Å²) in [6.07, 6.45) is 4.54. The molecular weight excluding hydrogens is 216 g/mol. The van der Waals surface area contributed by atoms with E-state index in [1.165, 1.54) is 24.2 Å². The number of likely N-dealkylation sites (tertiary alicyclic amines) is 2. The van der Waals surface area contributed by atoms with Crippen LogP contribution in [-0.2, 0) is 9.59 Å². The Morgan fingerprint density at radius 1 is 0.882 bits per heavy atom. The minimum atomic E-state index is -0.0812. The zero-order valence-corrected chi connectivity index (χ0v) is 10.1. The lowest BCUT2D eigenvalue weighted by Gasteiger charge is -2.23. The van der Waals surface area contributed by atoms with Gasteiger partial charge in [-0.05, 0) is 25.9 Å². The Morgan fingerprint density at radius 3 is 2.12 bits per heavy atom. The standard InChI is InChI=1S/C13H18N2O2/c16-12-6-7-13(17)15(12)11-5-4-10-14-8-2-1-3-9-14/h1-3,6-11H2. The van der Waals surface area contributed by atoms with Crippen LogP contribution in [0, 0.1) is 11.8 Å². The molecule has 0 N–H and O–H groups in total. The summed E-state index contributed by atoms with van der Waals surface area (Å²) >= 11 is 0. The summed E-state index contributed by atoms with van der Waals surface area (Å²) in [5, 5.41) is 0. The van der Waals surface area contributed by atoms with Crippen molar-refractivity contribution in [3.63, 3.8) is 0 Å². The van der Waals surface area contributed by atoms with Crippen LogP contribution in [0.3, 0.4) is 0 Å². The topological polar surface area (TPSA) is 40.6 Å². The number of nitrogens with zero attached hydrogens (tertiary/aromatic N) is 2. The van der Waals surface area contributed by atoms with Crippen LogP contribution in [-0.4, -0.2) is 47.8 Å². The molecule has 4 heteroatoms. The van der Waals surface area contributed by atoms with Crippen molar-refractivity contribution in [1.29, 1.82) is 0 Å². The number of amides is 2. The van der Waals surface area contributed by atoms with Gasteiger partial charge in [-0.3, -0.25) is 19.4 Å². The predicted molar refractivity (Wildman–Crippen MR) is 64.0 cm³/mol. The Hall–Kier alpha value is -1.34. The van der Waals surface area contributed by atoms with E-state index in [0.29, 0.717) is 12.8 Å². The molecule has 2 fully saturated rings. The van der Waals surface area contributed by atoms with E-state index >= 15 is 0 Å². The Balaban J connectivity index is 1.74. The number of hydrogen-bond donors (Lipinski definition) is 0. The maximum Gasteiger partial charge on any atom is 0.230 e. The van der Waals surface area contributed by atoms with Gasteiger partial charge in [-0.15, -0.1) is 0 Å². The van der Waals surface area contributed by atoms with Crippen molar-refractivity contribution >= 4 is 11.8 Å². The highest BCUT2D eigenvalue weighted by molar-refractivity contribution is 6.02. The van der Waals surface area contributed by atoms with Crippen molar-refractivity contribution in [3.05, 3.63) is 0 Å². The number of rotatable bonds is 2. The normalized spacial score (nSPS) is 21.5. The highest BCUT2D eigenvalue weighted by Crippen LogP contribution is 2.10. The van der Waals surface area contributed by atoms with Gasteiger partial charge in [-0.1, -0.05) is 18.3 Å². The first kappa shape index (κ1) is 12.1. The molecule has 2 heterocycles. The lowest BCUT2D eigenvalue weighted by molar-refractivity contribution is -0.137. The smallest absolute Gasteiger partial charge is 0.230 e. The van der Waals surface area contributed by atoms with E-state index in [0.717, 1.165) is 19.6 Å². The molecule has 0 unspecified atom stereocenters. The number of piperidine rings is 1. The second-order valence-electron chi connectivity index (χ2n) is 4.56. The monoisotopic (exact) mass is 234 g/mol. The maximum absolute atomic E-state index is 11.3. The molecule has 0 aromatic heterocycles. The van der Waals surface area contributed by atoms with Gasteiger partial charge in [0.1, 0.15) is 0 Å². The minimum Gasteiger partial charge on any atom is -0.292 e. The minimum absolute atomic E-state index is 0.0812. The third-order valence-corrected chi connectivity index (χ3v) is 3.27. The molecule has 0 aromatic carbocycles. The fourth-order valence-electron chi connectivity index (χ4n) is 2.22. The summed E-state index contributed by atoms with van der Waals surface area (Å²) in [6, 6.07) is 0. The Morgan fingerprint density at radius 2 is 1.47 bits per heavy atom. The van der Waals surface area contributed by atoms with E-state index in [-0.39, 0.29) is 18.4 Å². The van der Waals surface area contributed by atoms with Gasteiger partial charge in [0.05, 0.1) is 13.1 Å². The molecule has 0 radical (unpaired) electrons. The average Bonchev–Trinajstić information content (AvgIpc) is 2.67.